The van der Waals surface area contributed by atoms with Gasteiger partial charge in [-0.05, 0) is 159 Å². The zero-order chi connectivity index (χ0) is 63.3. The van der Waals surface area contributed by atoms with Crippen LogP contribution >= 0.6 is 15.9 Å². The predicted octanol–water partition coefficient (Wildman–Crippen LogP) is 9.76. The number of fused-ring (bicyclic) bond motifs is 3. The second-order valence-corrected chi connectivity index (χ2v) is 26.8. The molecule has 0 amide bonds. The zero-order valence-electron chi connectivity index (χ0n) is 52.9. The van der Waals surface area contributed by atoms with Gasteiger partial charge in [-0.15, -0.1) is 0 Å². The van der Waals surface area contributed by atoms with E-state index >= 15 is 0 Å². The van der Waals surface area contributed by atoms with Gasteiger partial charge in [0, 0.05) is 73.5 Å². The van der Waals surface area contributed by atoms with Crippen LogP contribution in [0, 0.1) is 5.82 Å². The van der Waals surface area contributed by atoms with E-state index in [1.54, 1.807) is 12.1 Å². The van der Waals surface area contributed by atoms with E-state index in [-0.39, 0.29) is 46.5 Å². The zero-order valence-corrected chi connectivity index (χ0v) is 54.5. The molecule has 7 aromatic heterocycles. The van der Waals surface area contributed by atoms with Crippen LogP contribution in [-0.2, 0) is 48.7 Å². The summed E-state index contributed by atoms with van der Waals surface area (Å²) in [4.78, 5) is 24.6. The number of rotatable bonds is 9. The van der Waals surface area contributed by atoms with Gasteiger partial charge in [-0.3, -0.25) is 13.2 Å². The van der Waals surface area contributed by atoms with E-state index < -0.39 is 27.0 Å². The molecule has 27 heteroatoms. The largest absolute Gasteiger partial charge is 0.496 e. The van der Waals surface area contributed by atoms with Crippen molar-refractivity contribution in [2.75, 3.05) is 93.6 Å². The van der Waals surface area contributed by atoms with Crippen molar-refractivity contribution in [1.82, 2.24) is 37.7 Å². The van der Waals surface area contributed by atoms with Crippen LogP contribution in [0.4, 0.5) is 30.6 Å². The standard InChI is InChI=1S/C22H20F3N5O.C17H24BN3O3.C12H24B2O4.C11H12BrN3O/c23-17-4-1-15(2-5-17)21-22(29(14-27-21)13-18(24)25)16-3-6-19-26-11-20(30(19)12-16)28-7-9-31-10-8-28;1-16(2)17(3,4)24-18(23-16)13-5-6-14-19-11-15(21(14)12-13)20-7-9-22-10-8-20;1-9(2)10(3,4)16-13(15-9)14-17-11(5,6)12(7,8)18-14;12-9-1-2-10-13-7-11(15(10)8-9)14-3-5-16-6-4-14/h1-6,11-12,14,18H,7-10,13H2;5-6,11-12H,7-10H2,1-4H3;1-8H3;1-2,7-8H,3-6H2. The lowest BCUT2D eigenvalue weighted by Crippen LogP contribution is -2.41. The second-order valence-electron chi connectivity index (χ2n) is 25.9. The van der Waals surface area contributed by atoms with Crippen LogP contribution in [0.5, 0.6) is 0 Å². The van der Waals surface area contributed by atoms with Crippen LogP contribution in [0.25, 0.3) is 39.5 Å². The fraction of sp³-hybridized carbons (Fsp3) is 0.516. The molecule has 8 aromatic rings. The number of alkyl halides is 2. The highest BCUT2D eigenvalue weighted by atomic mass is 79.9. The van der Waals surface area contributed by atoms with Crippen molar-refractivity contribution in [2.45, 2.75) is 130 Å². The first-order valence-electron chi connectivity index (χ1n) is 30.4. The van der Waals surface area contributed by atoms with Crippen molar-refractivity contribution in [2.24, 2.45) is 0 Å². The first kappa shape index (κ1) is 64.5. The first-order chi connectivity index (χ1) is 42.2. The molecule has 0 aliphatic carbocycles. The van der Waals surface area contributed by atoms with Gasteiger partial charge in [-0.1, -0.05) is 6.07 Å². The summed E-state index contributed by atoms with van der Waals surface area (Å²) in [6, 6.07) is 17.6. The summed E-state index contributed by atoms with van der Waals surface area (Å²) in [6.45, 7) is 33.5. The SMILES string of the molecule is Brc1ccc2ncc(N3CCOCC3)n2c1.CC1(C)OB(B2OC(C)(C)C(C)(C)O2)OC1(C)C.CC1(C)OB(c2ccc3ncc(N4CCOCC4)n3c2)OC1(C)C.Fc1ccc(-c2ncn(CC(F)F)c2-c2ccc3ncc(N4CCOCC4)n3c2)cc1. The summed E-state index contributed by atoms with van der Waals surface area (Å²) < 4.78 is 101. The van der Waals surface area contributed by atoms with Crippen LogP contribution in [0.3, 0.4) is 0 Å². The number of aromatic nitrogens is 8. The quantitative estimate of drug-likeness (QED) is 0.125. The van der Waals surface area contributed by atoms with Gasteiger partial charge < -0.3 is 61.4 Å². The van der Waals surface area contributed by atoms with E-state index in [4.69, 9.17) is 42.1 Å². The van der Waals surface area contributed by atoms with Crippen LogP contribution < -0.4 is 20.2 Å². The lowest BCUT2D eigenvalue weighted by Gasteiger charge is -2.32. The molecule has 89 heavy (non-hydrogen) atoms. The summed E-state index contributed by atoms with van der Waals surface area (Å²) in [5.74, 6) is 2.78. The molecule has 0 saturated carbocycles. The molecule has 6 aliphatic heterocycles. The van der Waals surface area contributed by atoms with E-state index in [1.807, 2.05) is 127 Å². The van der Waals surface area contributed by atoms with E-state index in [9.17, 15) is 13.2 Å². The Morgan fingerprint density at radius 3 is 1.29 bits per heavy atom. The summed E-state index contributed by atoms with van der Waals surface area (Å²) in [7, 11) is -1.31. The average Bonchev–Trinajstić information content (AvgIpc) is 1.67. The Hall–Kier alpha value is -6.00. The maximum atomic E-state index is 13.4. The smallest absolute Gasteiger partial charge is 0.405 e. The highest BCUT2D eigenvalue weighted by Gasteiger charge is 2.64. The maximum absolute atomic E-state index is 13.4. The number of benzene rings is 1. The minimum Gasteiger partial charge on any atom is -0.405 e. The number of imidazole rings is 4. The van der Waals surface area contributed by atoms with Crippen LogP contribution in [0.15, 0.2) is 109 Å². The van der Waals surface area contributed by atoms with Crippen molar-refractivity contribution in [3.05, 3.63) is 114 Å². The molecular weight excluding hydrogens is 1210 g/mol. The van der Waals surface area contributed by atoms with Crippen molar-refractivity contribution < 1.29 is 55.3 Å². The fourth-order valence-electron chi connectivity index (χ4n) is 11.0. The molecule has 0 bridgehead atoms. The van der Waals surface area contributed by atoms with Gasteiger partial charge in [0.25, 0.3) is 6.43 Å². The Bertz CT molecular complexity index is 3650. The van der Waals surface area contributed by atoms with Crippen molar-refractivity contribution in [3.63, 3.8) is 0 Å². The number of ether oxygens (including phenoxy) is 3. The number of pyridine rings is 3. The van der Waals surface area contributed by atoms with Gasteiger partial charge in [-0.2, -0.15) is 0 Å². The van der Waals surface area contributed by atoms with Gasteiger partial charge in [-0.25, -0.2) is 33.1 Å². The van der Waals surface area contributed by atoms with Gasteiger partial charge in [0.15, 0.2) is 0 Å². The summed E-state index contributed by atoms with van der Waals surface area (Å²) in [6.07, 6.45) is 10.5. The molecule has 474 valence electrons. The Kier molecular flexibility index (Phi) is 18.6. The lowest BCUT2D eigenvalue weighted by atomic mass is 9.49. The molecule has 6 fully saturated rings. The third kappa shape index (κ3) is 13.7. The van der Waals surface area contributed by atoms with Crippen molar-refractivity contribution >= 4 is 76.9 Å². The topological polar surface area (TPSA) is 163 Å². The summed E-state index contributed by atoms with van der Waals surface area (Å²) in [5.41, 5.74) is 4.00. The third-order valence-corrected chi connectivity index (χ3v) is 18.8. The summed E-state index contributed by atoms with van der Waals surface area (Å²) >= 11 is 3.48. The Labute approximate surface area is 527 Å². The number of nitrogens with zero attached hydrogens (tertiary/aromatic N) is 11. The Balaban J connectivity index is 0.000000126. The minimum atomic E-state index is -2.53. The second kappa shape index (κ2) is 25.6. The summed E-state index contributed by atoms with van der Waals surface area (Å²) in [5, 5.41) is 0. The Morgan fingerprint density at radius 1 is 0.472 bits per heavy atom. The molecule has 20 nitrogen and oxygen atoms in total. The van der Waals surface area contributed by atoms with Crippen LogP contribution in [0.2, 0.25) is 0 Å². The molecule has 0 spiro atoms. The van der Waals surface area contributed by atoms with Gasteiger partial charge in [0.2, 0.25) is 0 Å². The molecule has 0 unspecified atom stereocenters. The maximum Gasteiger partial charge on any atom is 0.496 e. The highest BCUT2D eigenvalue weighted by Crippen LogP contribution is 2.43. The molecule has 13 heterocycles. The minimum absolute atomic E-state index is 0.339. The van der Waals surface area contributed by atoms with Crippen molar-refractivity contribution in [1.29, 1.82) is 0 Å². The van der Waals surface area contributed by atoms with E-state index in [2.05, 4.69) is 93.3 Å². The fourth-order valence-corrected chi connectivity index (χ4v) is 11.4. The highest BCUT2D eigenvalue weighted by molar-refractivity contribution is 9.10. The molecule has 1 aromatic carbocycles. The number of anilines is 3. The first-order valence-corrected chi connectivity index (χ1v) is 31.2. The normalized spacial score (nSPS) is 20.9. The van der Waals surface area contributed by atoms with Crippen molar-refractivity contribution in [3.8, 4) is 22.5 Å². The number of hydrogen-bond donors (Lipinski definition) is 0. The molecule has 0 N–H and O–H groups in total. The lowest BCUT2D eigenvalue weighted by molar-refractivity contribution is 0.00578. The molecule has 0 atom stereocenters. The van der Waals surface area contributed by atoms with E-state index in [1.165, 1.54) is 23.0 Å². The number of morpholine rings is 3. The van der Waals surface area contributed by atoms with E-state index in [0.29, 0.717) is 30.2 Å². The van der Waals surface area contributed by atoms with Crippen LogP contribution in [-0.4, -0.2) is 178 Å². The molecular formula is C62H80B3BrF3N11O9. The number of hydrogen-bond acceptors (Lipinski definition) is 16. The number of halogens is 4. The monoisotopic (exact) mass is 1290 g/mol. The molecule has 0 radical (unpaired) electrons. The molecule has 6 aliphatic rings. The average molecular weight is 1290 g/mol. The predicted molar refractivity (Wildman–Crippen MR) is 343 cm³/mol. The van der Waals surface area contributed by atoms with Gasteiger partial charge >= 0.3 is 21.1 Å². The Morgan fingerprint density at radius 2 is 0.854 bits per heavy atom. The van der Waals surface area contributed by atoms with Gasteiger partial charge in [0.05, 0.1) is 116 Å². The van der Waals surface area contributed by atoms with Gasteiger partial charge in [0.1, 0.15) is 40.2 Å². The van der Waals surface area contributed by atoms with E-state index in [0.717, 1.165) is 116 Å². The molecule has 14 rings (SSSR count). The van der Waals surface area contributed by atoms with Crippen LogP contribution in [0.1, 0.15) is 83.1 Å². The third-order valence-electron chi connectivity index (χ3n) is 18.3. The molecule has 6 saturated heterocycles.